The number of carbonyl (C=O) groups is 1. The Balaban J connectivity index is 1.45. The number of hydrogen-bond donors (Lipinski definition) is 0. The van der Waals surface area contributed by atoms with Crippen molar-refractivity contribution in [3.63, 3.8) is 0 Å². The molecule has 0 N–H and O–H groups in total. The Labute approximate surface area is 173 Å². The van der Waals surface area contributed by atoms with Gasteiger partial charge in [0.25, 0.3) is 5.91 Å². The SMILES string of the molecule is CN1CCN(C(=O)c2ccnn2C)C[C@@H]1c1nnn2cc(-c3ccncc3)ccc12. The minimum absolute atomic E-state index is 0.00968. The monoisotopic (exact) mass is 402 g/mol. The van der Waals surface area contributed by atoms with E-state index >= 15 is 0 Å². The van der Waals surface area contributed by atoms with Crippen LogP contribution in [0.5, 0.6) is 0 Å². The summed E-state index contributed by atoms with van der Waals surface area (Å²) in [4.78, 5) is 21.1. The Hall–Kier alpha value is -3.59. The van der Waals surface area contributed by atoms with Crippen LogP contribution in [-0.4, -0.2) is 72.0 Å². The lowest BCUT2D eigenvalue weighted by molar-refractivity contribution is 0.0531. The first kappa shape index (κ1) is 18.4. The number of aryl methyl sites for hydroxylation is 1. The maximum atomic E-state index is 13.0. The Kier molecular flexibility index (Phi) is 4.51. The van der Waals surface area contributed by atoms with Gasteiger partial charge in [-0.25, -0.2) is 4.52 Å². The fraction of sp³-hybridized carbons (Fsp3) is 0.286. The zero-order valence-electron chi connectivity index (χ0n) is 16.9. The second-order valence-electron chi connectivity index (χ2n) is 7.55. The summed E-state index contributed by atoms with van der Waals surface area (Å²) < 4.78 is 3.42. The number of likely N-dealkylation sites (N-methyl/N-ethyl adjacent to an activating group) is 1. The summed E-state index contributed by atoms with van der Waals surface area (Å²) in [7, 11) is 3.85. The minimum atomic E-state index is -0.0276. The molecule has 1 saturated heterocycles. The molecule has 0 radical (unpaired) electrons. The summed E-state index contributed by atoms with van der Waals surface area (Å²) in [5.74, 6) is -0.00968. The van der Waals surface area contributed by atoms with Gasteiger partial charge in [0, 0.05) is 57.0 Å². The van der Waals surface area contributed by atoms with Crippen LogP contribution in [0.15, 0.2) is 55.1 Å². The molecule has 1 atom stereocenters. The summed E-state index contributed by atoms with van der Waals surface area (Å²) >= 11 is 0. The van der Waals surface area contributed by atoms with E-state index in [1.807, 2.05) is 29.3 Å². The third-order valence-corrected chi connectivity index (χ3v) is 5.74. The maximum Gasteiger partial charge on any atom is 0.272 e. The average molecular weight is 402 g/mol. The van der Waals surface area contributed by atoms with Gasteiger partial charge >= 0.3 is 0 Å². The lowest BCUT2D eigenvalue weighted by Crippen LogP contribution is -2.49. The van der Waals surface area contributed by atoms with Crippen molar-refractivity contribution in [3.8, 4) is 11.1 Å². The number of amides is 1. The maximum absolute atomic E-state index is 13.0. The highest BCUT2D eigenvalue weighted by molar-refractivity contribution is 5.92. The number of fused-ring (bicyclic) bond motifs is 1. The smallest absolute Gasteiger partial charge is 0.272 e. The molecule has 30 heavy (non-hydrogen) atoms. The van der Waals surface area contributed by atoms with Gasteiger partial charge in [-0.3, -0.25) is 19.4 Å². The molecule has 4 aromatic rings. The van der Waals surface area contributed by atoms with Gasteiger partial charge in [-0.1, -0.05) is 11.3 Å². The highest BCUT2D eigenvalue weighted by atomic mass is 16.2. The number of nitrogens with zero attached hydrogens (tertiary/aromatic N) is 8. The second kappa shape index (κ2) is 7.34. The fourth-order valence-corrected chi connectivity index (χ4v) is 3.97. The zero-order chi connectivity index (χ0) is 20.7. The van der Waals surface area contributed by atoms with E-state index in [-0.39, 0.29) is 11.9 Å². The van der Waals surface area contributed by atoms with E-state index < -0.39 is 0 Å². The zero-order valence-corrected chi connectivity index (χ0v) is 16.9. The minimum Gasteiger partial charge on any atom is -0.334 e. The van der Waals surface area contributed by atoms with E-state index in [1.54, 1.807) is 40.9 Å². The number of pyridine rings is 2. The Morgan fingerprint density at radius 3 is 2.60 bits per heavy atom. The van der Waals surface area contributed by atoms with Crippen molar-refractivity contribution in [3.05, 3.63) is 66.5 Å². The molecule has 0 bridgehead atoms. The third kappa shape index (κ3) is 3.13. The van der Waals surface area contributed by atoms with Crippen LogP contribution < -0.4 is 0 Å². The molecule has 0 aliphatic carbocycles. The van der Waals surface area contributed by atoms with Gasteiger partial charge in [0.1, 0.15) is 11.4 Å². The van der Waals surface area contributed by atoms with Crippen LogP contribution in [0.1, 0.15) is 22.2 Å². The predicted molar refractivity (Wildman–Crippen MR) is 111 cm³/mol. The van der Waals surface area contributed by atoms with E-state index in [1.165, 1.54) is 0 Å². The molecule has 0 saturated carbocycles. The predicted octanol–water partition coefficient (Wildman–Crippen LogP) is 1.65. The van der Waals surface area contributed by atoms with Crippen LogP contribution in [0.25, 0.3) is 16.6 Å². The first-order valence-corrected chi connectivity index (χ1v) is 9.84. The van der Waals surface area contributed by atoms with Crippen molar-refractivity contribution in [1.29, 1.82) is 0 Å². The standard InChI is InChI=1S/C21H22N8O/c1-26-11-12-28(21(30)18-7-10-23-27(18)2)14-19(26)20-17-4-3-16(13-29(17)25-24-20)15-5-8-22-9-6-15/h3-10,13,19H,11-12,14H2,1-2H3/t19-/m1/s1. The van der Waals surface area contributed by atoms with Crippen LogP contribution in [0.4, 0.5) is 0 Å². The normalized spacial score (nSPS) is 17.5. The molecule has 4 aromatic heterocycles. The quantitative estimate of drug-likeness (QED) is 0.518. The molecule has 5 heterocycles. The van der Waals surface area contributed by atoms with Gasteiger partial charge in [-0.2, -0.15) is 5.10 Å². The lowest BCUT2D eigenvalue weighted by atomic mass is 10.1. The van der Waals surface area contributed by atoms with E-state index in [0.29, 0.717) is 18.8 Å². The summed E-state index contributed by atoms with van der Waals surface area (Å²) in [6, 6.07) is 9.77. The van der Waals surface area contributed by atoms with Gasteiger partial charge in [-0.05, 0) is 36.9 Å². The molecule has 1 aliphatic heterocycles. The van der Waals surface area contributed by atoms with Crippen LogP contribution in [0.3, 0.4) is 0 Å². The Bertz CT molecular complexity index is 1200. The first-order valence-electron chi connectivity index (χ1n) is 9.84. The van der Waals surface area contributed by atoms with Crippen molar-refractivity contribution in [2.75, 3.05) is 26.7 Å². The average Bonchev–Trinajstić information content (AvgIpc) is 3.40. The molecule has 0 aromatic carbocycles. The summed E-state index contributed by atoms with van der Waals surface area (Å²) in [5, 5.41) is 13.0. The van der Waals surface area contributed by atoms with Crippen LogP contribution >= 0.6 is 0 Å². The van der Waals surface area contributed by atoms with Crippen molar-refractivity contribution < 1.29 is 4.79 Å². The number of piperazine rings is 1. The third-order valence-electron chi connectivity index (χ3n) is 5.74. The van der Waals surface area contributed by atoms with Crippen LogP contribution in [0.2, 0.25) is 0 Å². The molecule has 152 valence electrons. The topological polar surface area (TPSA) is 84.5 Å². The van der Waals surface area contributed by atoms with Crippen LogP contribution in [-0.2, 0) is 7.05 Å². The molecule has 1 aliphatic rings. The van der Waals surface area contributed by atoms with Gasteiger partial charge in [0.15, 0.2) is 0 Å². The second-order valence-corrected chi connectivity index (χ2v) is 7.55. The number of rotatable bonds is 3. The molecule has 1 amide bonds. The van der Waals surface area contributed by atoms with Crippen molar-refractivity contribution in [1.82, 2.24) is 39.4 Å². The Morgan fingerprint density at radius 2 is 1.83 bits per heavy atom. The highest BCUT2D eigenvalue weighted by Crippen LogP contribution is 2.28. The largest absolute Gasteiger partial charge is 0.334 e. The molecular formula is C21H22N8O. The molecule has 1 fully saturated rings. The van der Waals surface area contributed by atoms with E-state index in [9.17, 15) is 4.79 Å². The van der Waals surface area contributed by atoms with Crippen molar-refractivity contribution >= 4 is 11.4 Å². The van der Waals surface area contributed by atoms with E-state index in [4.69, 9.17) is 0 Å². The lowest BCUT2D eigenvalue weighted by Gasteiger charge is -2.38. The first-order chi connectivity index (χ1) is 14.6. The molecular weight excluding hydrogens is 380 g/mol. The summed E-state index contributed by atoms with van der Waals surface area (Å²) in [6.45, 7) is 1.99. The number of carbonyl (C=O) groups excluding carboxylic acids is 1. The summed E-state index contributed by atoms with van der Waals surface area (Å²) in [6.07, 6.45) is 7.17. The van der Waals surface area contributed by atoms with Crippen molar-refractivity contribution in [2.24, 2.45) is 7.05 Å². The summed E-state index contributed by atoms with van der Waals surface area (Å²) in [5.41, 5.74) is 4.53. The molecule has 0 unspecified atom stereocenters. The molecule has 9 heteroatoms. The van der Waals surface area contributed by atoms with Crippen LogP contribution in [0, 0.1) is 0 Å². The van der Waals surface area contributed by atoms with Gasteiger partial charge in [0.05, 0.1) is 11.6 Å². The van der Waals surface area contributed by atoms with E-state index in [2.05, 4.69) is 38.4 Å². The number of aromatic nitrogens is 6. The van der Waals surface area contributed by atoms with Gasteiger partial charge in [0.2, 0.25) is 0 Å². The van der Waals surface area contributed by atoms with Crippen molar-refractivity contribution in [2.45, 2.75) is 6.04 Å². The molecule has 9 nitrogen and oxygen atoms in total. The fourth-order valence-electron chi connectivity index (χ4n) is 3.97. The molecule has 0 spiro atoms. The Morgan fingerprint density at radius 1 is 1.00 bits per heavy atom. The highest BCUT2D eigenvalue weighted by Gasteiger charge is 2.32. The van der Waals surface area contributed by atoms with E-state index in [0.717, 1.165) is 28.9 Å². The van der Waals surface area contributed by atoms with Gasteiger partial charge < -0.3 is 4.90 Å². The number of hydrogen-bond acceptors (Lipinski definition) is 6. The van der Waals surface area contributed by atoms with Gasteiger partial charge in [-0.15, -0.1) is 5.10 Å². The molecule has 5 rings (SSSR count).